The van der Waals surface area contributed by atoms with Crippen LogP contribution in [0.2, 0.25) is 0 Å². The molecule has 7 heteroatoms. The molecule has 29 heavy (non-hydrogen) atoms. The lowest BCUT2D eigenvalue weighted by Gasteiger charge is -2.39. The van der Waals surface area contributed by atoms with Gasteiger partial charge in [0.05, 0.1) is 12.3 Å². The van der Waals surface area contributed by atoms with Crippen LogP contribution in [0.1, 0.15) is 57.4 Å². The Bertz CT molecular complexity index is 710. The van der Waals surface area contributed by atoms with Crippen molar-refractivity contribution in [1.29, 1.82) is 0 Å². The molecule has 1 aromatic heterocycles. The average Bonchev–Trinajstić information content (AvgIpc) is 2.67. The van der Waals surface area contributed by atoms with Gasteiger partial charge in [0.15, 0.2) is 0 Å². The van der Waals surface area contributed by atoms with Crippen LogP contribution in [0.5, 0.6) is 0 Å². The molecule has 0 aromatic carbocycles. The first-order chi connectivity index (χ1) is 13.9. The van der Waals surface area contributed by atoms with E-state index >= 15 is 0 Å². The molecule has 0 aliphatic carbocycles. The smallest absolute Gasteiger partial charge is 0.303 e. The first-order valence-electron chi connectivity index (χ1n) is 10.3. The maximum absolute atomic E-state index is 13.8. The monoisotopic (exact) mass is 406 g/mol. The number of hydrogen-bond acceptors (Lipinski definition) is 4. The molecule has 1 saturated heterocycles. The van der Waals surface area contributed by atoms with E-state index in [1.54, 1.807) is 6.07 Å². The number of aliphatic carboxylic acids is 1. The van der Waals surface area contributed by atoms with E-state index in [9.17, 15) is 19.1 Å². The number of allylic oxidation sites excluding steroid dienone is 1. The van der Waals surface area contributed by atoms with Gasteiger partial charge in [0, 0.05) is 38.0 Å². The standard InChI is InChI=1S/C22H31FN2O4/c1-16(13-18(26)14-17-10-11-24-15-19(17)23)20-7-6-8-21(27)25(20)12-5-3-2-4-9-22(28)29/h3,5,10-11,15-16,18,20,26H,2,4,6-9,12-14H2,1H3,(H,28,29)/b5-3-/t16-,18?,20+/m0/s1. The Hall–Kier alpha value is -2.28. The largest absolute Gasteiger partial charge is 0.481 e. The zero-order valence-electron chi connectivity index (χ0n) is 17.0. The molecular formula is C22H31FN2O4. The van der Waals surface area contributed by atoms with Gasteiger partial charge in [0.2, 0.25) is 5.91 Å². The Morgan fingerprint density at radius 1 is 1.45 bits per heavy atom. The van der Waals surface area contributed by atoms with Gasteiger partial charge in [-0.15, -0.1) is 0 Å². The van der Waals surface area contributed by atoms with Gasteiger partial charge in [-0.25, -0.2) is 4.39 Å². The third-order valence-corrected chi connectivity index (χ3v) is 5.45. The number of halogens is 1. The third-order valence-electron chi connectivity index (χ3n) is 5.45. The number of nitrogens with zero attached hydrogens (tertiary/aromatic N) is 2. The fourth-order valence-electron chi connectivity index (χ4n) is 3.95. The fourth-order valence-corrected chi connectivity index (χ4v) is 3.95. The maximum atomic E-state index is 13.8. The summed E-state index contributed by atoms with van der Waals surface area (Å²) in [5.74, 6) is -1.03. The normalized spacial score (nSPS) is 19.5. The summed E-state index contributed by atoms with van der Waals surface area (Å²) in [6.07, 6.45) is 10.2. The van der Waals surface area contributed by atoms with Gasteiger partial charge < -0.3 is 15.1 Å². The lowest BCUT2D eigenvalue weighted by Crippen LogP contribution is -2.47. The molecule has 0 bridgehead atoms. The van der Waals surface area contributed by atoms with Crippen molar-refractivity contribution in [3.8, 4) is 0 Å². The number of carboxylic acids is 1. The fraction of sp³-hybridized carbons (Fsp3) is 0.591. The first kappa shape index (κ1) is 23.0. The highest BCUT2D eigenvalue weighted by molar-refractivity contribution is 5.77. The number of likely N-dealkylation sites (tertiary alicyclic amines) is 1. The van der Waals surface area contributed by atoms with Crippen molar-refractivity contribution in [3.05, 3.63) is 42.0 Å². The van der Waals surface area contributed by atoms with Crippen molar-refractivity contribution in [2.75, 3.05) is 6.54 Å². The summed E-state index contributed by atoms with van der Waals surface area (Å²) < 4.78 is 13.8. The van der Waals surface area contributed by atoms with Crippen LogP contribution in [-0.2, 0) is 16.0 Å². The van der Waals surface area contributed by atoms with Gasteiger partial charge in [0.25, 0.3) is 0 Å². The molecule has 1 fully saturated rings. The molecule has 1 amide bonds. The molecular weight excluding hydrogens is 375 g/mol. The number of amides is 1. The van der Waals surface area contributed by atoms with E-state index in [0.29, 0.717) is 37.8 Å². The van der Waals surface area contributed by atoms with E-state index in [2.05, 4.69) is 4.98 Å². The molecule has 1 aliphatic rings. The van der Waals surface area contributed by atoms with Crippen LogP contribution in [-0.4, -0.2) is 50.7 Å². The van der Waals surface area contributed by atoms with E-state index in [4.69, 9.17) is 5.11 Å². The van der Waals surface area contributed by atoms with Crippen LogP contribution >= 0.6 is 0 Å². The predicted molar refractivity (Wildman–Crippen MR) is 108 cm³/mol. The van der Waals surface area contributed by atoms with Crippen molar-refractivity contribution in [3.63, 3.8) is 0 Å². The van der Waals surface area contributed by atoms with Crippen LogP contribution in [0, 0.1) is 11.7 Å². The summed E-state index contributed by atoms with van der Waals surface area (Å²) in [4.78, 5) is 28.6. The predicted octanol–water partition coefficient (Wildman–Crippen LogP) is 3.34. The Morgan fingerprint density at radius 3 is 2.97 bits per heavy atom. The molecule has 3 atom stereocenters. The quantitative estimate of drug-likeness (QED) is 0.434. The van der Waals surface area contributed by atoms with Gasteiger partial charge in [-0.1, -0.05) is 19.1 Å². The molecule has 0 radical (unpaired) electrons. The van der Waals surface area contributed by atoms with Crippen LogP contribution in [0.15, 0.2) is 30.6 Å². The van der Waals surface area contributed by atoms with E-state index in [0.717, 1.165) is 19.0 Å². The zero-order valence-corrected chi connectivity index (χ0v) is 17.0. The summed E-state index contributed by atoms with van der Waals surface area (Å²) in [5, 5.41) is 19.1. The second-order valence-electron chi connectivity index (χ2n) is 7.80. The summed E-state index contributed by atoms with van der Waals surface area (Å²) in [5.41, 5.74) is 0.445. The Labute approximate surface area is 171 Å². The highest BCUT2D eigenvalue weighted by atomic mass is 19.1. The molecule has 6 nitrogen and oxygen atoms in total. The zero-order chi connectivity index (χ0) is 21.2. The molecule has 0 spiro atoms. The molecule has 160 valence electrons. The minimum Gasteiger partial charge on any atom is -0.481 e. The van der Waals surface area contributed by atoms with Crippen molar-refractivity contribution in [2.24, 2.45) is 5.92 Å². The van der Waals surface area contributed by atoms with Crippen molar-refractivity contribution < 1.29 is 24.2 Å². The molecule has 0 saturated carbocycles. The van der Waals surface area contributed by atoms with Gasteiger partial charge in [-0.05, 0) is 49.7 Å². The molecule has 2 rings (SSSR count). The first-order valence-corrected chi connectivity index (χ1v) is 10.3. The number of piperidine rings is 1. The van der Waals surface area contributed by atoms with Gasteiger partial charge in [0.1, 0.15) is 5.82 Å². The number of unbranched alkanes of at least 4 members (excludes halogenated alkanes) is 1. The molecule has 1 unspecified atom stereocenters. The van der Waals surface area contributed by atoms with E-state index in [-0.39, 0.29) is 30.7 Å². The molecule has 1 aliphatic heterocycles. The van der Waals surface area contributed by atoms with Crippen molar-refractivity contribution >= 4 is 11.9 Å². The number of aromatic nitrogens is 1. The molecule has 1 aromatic rings. The number of hydrogen-bond donors (Lipinski definition) is 2. The highest BCUT2D eigenvalue weighted by Gasteiger charge is 2.32. The van der Waals surface area contributed by atoms with Crippen LogP contribution in [0.4, 0.5) is 4.39 Å². The van der Waals surface area contributed by atoms with Crippen LogP contribution in [0.3, 0.4) is 0 Å². The van der Waals surface area contributed by atoms with Crippen molar-refractivity contribution in [2.45, 2.75) is 70.4 Å². The summed E-state index contributed by atoms with van der Waals surface area (Å²) in [6.45, 7) is 2.52. The average molecular weight is 406 g/mol. The van der Waals surface area contributed by atoms with E-state index in [1.165, 1.54) is 6.20 Å². The van der Waals surface area contributed by atoms with Gasteiger partial charge >= 0.3 is 5.97 Å². The lowest BCUT2D eigenvalue weighted by atomic mass is 9.86. The molecule has 2 N–H and O–H groups in total. The molecule has 2 heterocycles. The maximum Gasteiger partial charge on any atom is 0.303 e. The summed E-state index contributed by atoms with van der Waals surface area (Å²) in [7, 11) is 0. The summed E-state index contributed by atoms with van der Waals surface area (Å²) >= 11 is 0. The van der Waals surface area contributed by atoms with Gasteiger partial charge in [-0.2, -0.15) is 0 Å². The number of aliphatic hydroxyl groups is 1. The number of carbonyl (C=O) groups is 2. The Balaban J connectivity index is 1.89. The third kappa shape index (κ3) is 7.57. The number of carbonyl (C=O) groups excluding carboxylic acids is 1. The second kappa shape index (κ2) is 11.7. The lowest BCUT2D eigenvalue weighted by molar-refractivity contribution is -0.138. The number of aliphatic hydroxyl groups excluding tert-OH is 1. The topological polar surface area (TPSA) is 90.7 Å². The van der Waals surface area contributed by atoms with Gasteiger partial charge in [-0.3, -0.25) is 14.6 Å². The van der Waals surface area contributed by atoms with Crippen LogP contribution < -0.4 is 0 Å². The number of pyridine rings is 1. The van der Waals surface area contributed by atoms with E-state index < -0.39 is 17.9 Å². The Kier molecular flexibility index (Phi) is 9.25. The second-order valence-corrected chi connectivity index (χ2v) is 7.80. The van der Waals surface area contributed by atoms with Crippen LogP contribution in [0.25, 0.3) is 0 Å². The minimum atomic E-state index is -0.802. The SMILES string of the molecule is C[C@@H](CC(O)Cc1ccncc1F)[C@H]1CCCC(=O)N1C/C=C\CCCC(=O)O. The number of carboxylic acid groups (broad SMARTS) is 1. The van der Waals surface area contributed by atoms with E-state index in [1.807, 2.05) is 24.0 Å². The Morgan fingerprint density at radius 2 is 2.24 bits per heavy atom. The summed E-state index contributed by atoms with van der Waals surface area (Å²) in [6, 6.07) is 1.62. The number of rotatable bonds is 11. The highest BCUT2D eigenvalue weighted by Crippen LogP contribution is 2.27. The van der Waals surface area contributed by atoms with Crippen molar-refractivity contribution in [1.82, 2.24) is 9.88 Å². The minimum absolute atomic E-state index is 0.0388.